The third kappa shape index (κ3) is 2.40. The van der Waals surface area contributed by atoms with Gasteiger partial charge in [0.1, 0.15) is 0 Å². The van der Waals surface area contributed by atoms with Gasteiger partial charge in [-0.15, -0.1) is 11.8 Å². The highest BCUT2D eigenvalue weighted by atomic mass is 32.2. The first kappa shape index (κ1) is 11.9. The Balaban J connectivity index is 1.96. The number of nitrogens with one attached hydrogen (secondary N) is 1. The Kier molecular flexibility index (Phi) is 3.86. The summed E-state index contributed by atoms with van der Waals surface area (Å²) in [5, 5.41) is 3.26. The van der Waals surface area contributed by atoms with Gasteiger partial charge in [0.05, 0.1) is 11.5 Å². The number of thioether (sulfide) groups is 1. The second-order valence-electron chi connectivity index (χ2n) is 4.44. The van der Waals surface area contributed by atoms with E-state index in [0.29, 0.717) is 17.5 Å². The maximum Gasteiger partial charge on any atom is 0.239 e. The Hall–Kier alpha value is -0.550. The Bertz CT molecular complexity index is 272. The highest BCUT2D eigenvalue weighted by Gasteiger charge is 2.34. The van der Waals surface area contributed by atoms with Crippen LogP contribution in [0.3, 0.4) is 0 Å². The molecule has 0 spiro atoms. The van der Waals surface area contributed by atoms with E-state index >= 15 is 0 Å². The summed E-state index contributed by atoms with van der Waals surface area (Å²) in [7, 11) is 1.97. The number of nitrogens with zero attached hydrogens (tertiary/aromatic N) is 1. The smallest absolute Gasteiger partial charge is 0.239 e. The summed E-state index contributed by atoms with van der Waals surface area (Å²) in [4.78, 5) is 25.0. The lowest BCUT2D eigenvalue weighted by Gasteiger charge is -2.37. The lowest BCUT2D eigenvalue weighted by atomic mass is 9.90. The number of amides is 2. The maximum atomic E-state index is 11.7. The van der Waals surface area contributed by atoms with Crippen LogP contribution < -0.4 is 5.32 Å². The second-order valence-corrected chi connectivity index (χ2v) is 5.43. The molecule has 2 rings (SSSR count). The van der Waals surface area contributed by atoms with Gasteiger partial charge in [-0.25, -0.2) is 0 Å². The molecule has 4 nitrogen and oxygen atoms in total. The van der Waals surface area contributed by atoms with Crippen LogP contribution in [-0.4, -0.2) is 47.4 Å². The predicted molar refractivity (Wildman–Crippen MR) is 64.3 cm³/mol. The molecule has 1 N–H and O–H groups in total. The molecular weight excluding hydrogens is 224 g/mol. The lowest BCUT2D eigenvalue weighted by molar-refractivity contribution is -0.145. The first-order chi connectivity index (χ1) is 7.72. The number of imide groups is 1. The number of hydrogen-bond donors (Lipinski definition) is 1. The second kappa shape index (κ2) is 5.19. The average molecular weight is 242 g/mol. The molecule has 2 aliphatic rings. The summed E-state index contributed by atoms with van der Waals surface area (Å²) < 4.78 is 0. The third-order valence-electron chi connectivity index (χ3n) is 3.46. The van der Waals surface area contributed by atoms with Crippen LogP contribution >= 0.6 is 11.8 Å². The van der Waals surface area contributed by atoms with Crippen molar-refractivity contribution >= 4 is 23.6 Å². The summed E-state index contributed by atoms with van der Waals surface area (Å²) in [5.74, 6) is 0.957. The van der Waals surface area contributed by atoms with Crippen LogP contribution in [-0.2, 0) is 9.59 Å². The number of hydrogen-bond acceptors (Lipinski definition) is 4. The molecule has 0 bridgehead atoms. The molecule has 2 fully saturated rings. The summed E-state index contributed by atoms with van der Waals surface area (Å²) in [6, 6.07) is 0.714. The molecule has 0 aromatic rings. The molecule has 0 aromatic carbocycles. The molecule has 90 valence electrons. The third-order valence-corrected chi connectivity index (χ3v) is 4.36. The van der Waals surface area contributed by atoms with Crippen LogP contribution in [0.25, 0.3) is 0 Å². The fraction of sp³-hybridized carbons (Fsp3) is 0.818. The van der Waals surface area contributed by atoms with Gasteiger partial charge in [-0.3, -0.25) is 14.5 Å². The van der Waals surface area contributed by atoms with E-state index in [-0.39, 0.29) is 17.9 Å². The quantitative estimate of drug-likeness (QED) is 0.721. The SMILES string of the molecule is CNC1CCC(N2C(=O)CSCC2=O)CC1. The molecule has 1 aliphatic carbocycles. The van der Waals surface area contributed by atoms with E-state index in [2.05, 4.69) is 5.32 Å². The Labute approximate surface area is 100 Å². The van der Waals surface area contributed by atoms with Gasteiger partial charge in [-0.1, -0.05) is 0 Å². The molecule has 1 aliphatic heterocycles. The number of carbonyl (C=O) groups excluding carboxylic acids is 2. The molecule has 16 heavy (non-hydrogen) atoms. The van der Waals surface area contributed by atoms with Crippen LogP contribution in [0.15, 0.2) is 0 Å². The normalized spacial score (nSPS) is 31.9. The Morgan fingerprint density at radius 2 is 1.69 bits per heavy atom. The predicted octanol–water partition coefficient (Wildman–Crippen LogP) is 0.619. The molecule has 1 heterocycles. The van der Waals surface area contributed by atoms with Gasteiger partial charge in [0.15, 0.2) is 0 Å². The van der Waals surface area contributed by atoms with Crippen molar-refractivity contribution in [3.8, 4) is 0 Å². The van der Waals surface area contributed by atoms with Gasteiger partial charge in [0.25, 0.3) is 0 Å². The van der Waals surface area contributed by atoms with Crippen molar-refractivity contribution in [1.29, 1.82) is 0 Å². The van der Waals surface area contributed by atoms with Gasteiger partial charge in [-0.2, -0.15) is 0 Å². The van der Waals surface area contributed by atoms with Gasteiger partial charge in [-0.05, 0) is 32.7 Å². The molecular formula is C11H18N2O2S. The fourth-order valence-electron chi connectivity index (χ4n) is 2.53. The zero-order valence-electron chi connectivity index (χ0n) is 9.57. The molecule has 0 aromatic heterocycles. The lowest BCUT2D eigenvalue weighted by Crippen LogP contribution is -2.51. The van der Waals surface area contributed by atoms with E-state index in [1.165, 1.54) is 16.7 Å². The highest BCUT2D eigenvalue weighted by Crippen LogP contribution is 2.26. The Morgan fingerprint density at radius 3 is 2.19 bits per heavy atom. The minimum atomic E-state index is 0.00848. The van der Waals surface area contributed by atoms with E-state index in [9.17, 15) is 9.59 Å². The molecule has 0 unspecified atom stereocenters. The zero-order chi connectivity index (χ0) is 11.5. The van der Waals surface area contributed by atoms with E-state index in [1.807, 2.05) is 7.05 Å². The van der Waals surface area contributed by atoms with Crippen molar-refractivity contribution in [3.05, 3.63) is 0 Å². The monoisotopic (exact) mass is 242 g/mol. The zero-order valence-corrected chi connectivity index (χ0v) is 10.4. The van der Waals surface area contributed by atoms with Crippen molar-refractivity contribution in [3.63, 3.8) is 0 Å². The number of carbonyl (C=O) groups is 2. The van der Waals surface area contributed by atoms with Crippen molar-refractivity contribution in [2.45, 2.75) is 37.8 Å². The summed E-state index contributed by atoms with van der Waals surface area (Å²) in [6.07, 6.45) is 4.03. The molecule has 0 atom stereocenters. The van der Waals surface area contributed by atoms with Crippen molar-refractivity contribution in [1.82, 2.24) is 10.2 Å². The average Bonchev–Trinajstić information content (AvgIpc) is 2.30. The standard InChI is InChI=1S/C11H18N2O2S/c1-12-8-2-4-9(5-3-8)13-10(14)6-16-7-11(13)15/h8-9,12H,2-7H2,1H3. The molecule has 5 heteroatoms. The molecule has 1 saturated heterocycles. The Morgan fingerprint density at radius 1 is 1.12 bits per heavy atom. The molecule has 0 radical (unpaired) electrons. The topological polar surface area (TPSA) is 49.4 Å². The van der Waals surface area contributed by atoms with Crippen molar-refractivity contribution in [2.24, 2.45) is 0 Å². The van der Waals surface area contributed by atoms with Crippen LogP contribution in [0, 0.1) is 0 Å². The van der Waals surface area contributed by atoms with Gasteiger partial charge >= 0.3 is 0 Å². The summed E-state index contributed by atoms with van der Waals surface area (Å²) in [6.45, 7) is 0. The molecule has 2 amide bonds. The summed E-state index contributed by atoms with van der Waals surface area (Å²) in [5.41, 5.74) is 0. The molecule has 1 saturated carbocycles. The first-order valence-corrected chi connectivity index (χ1v) is 6.97. The minimum Gasteiger partial charge on any atom is -0.317 e. The van der Waals surface area contributed by atoms with Crippen LogP contribution in [0.4, 0.5) is 0 Å². The van der Waals surface area contributed by atoms with Crippen molar-refractivity contribution in [2.75, 3.05) is 18.6 Å². The van der Waals surface area contributed by atoms with Crippen LogP contribution in [0.2, 0.25) is 0 Å². The summed E-state index contributed by atoms with van der Waals surface area (Å²) >= 11 is 1.43. The van der Waals surface area contributed by atoms with Gasteiger partial charge in [0, 0.05) is 12.1 Å². The largest absolute Gasteiger partial charge is 0.317 e. The van der Waals surface area contributed by atoms with E-state index in [4.69, 9.17) is 0 Å². The van der Waals surface area contributed by atoms with Gasteiger partial charge in [0.2, 0.25) is 11.8 Å². The highest BCUT2D eigenvalue weighted by molar-refractivity contribution is 8.00. The number of rotatable bonds is 2. The van der Waals surface area contributed by atoms with E-state index in [1.54, 1.807) is 0 Å². The van der Waals surface area contributed by atoms with Gasteiger partial charge < -0.3 is 5.32 Å². The fourth-order valence-corrected chi connectivity index (χ4v) is 3.26. The minimum absolute atomic E-state index is 0.00848. The maximum absolute atomic E-state index is 11.7. The first-order valence-electron chi connectivity index (χ1n) is 5.82. The van der Waals surface area contributed by atoms with Crippen LogP contribution in [0.5, 0.6) is 0 Å². The van der Waals surface area contributed by atoms with E-state index < -0.39 is 0 Å². The van der Waals surface area contributed by atoms with E-state index in [0.717, 1.165) is 25.7 Å². The van der Waals surface area contributed by atoms with Crippen molar-refractivity contribution < 1.29 is 9.59 Å². The van der Waals surface area contributed by atoms with Crippen LogP contribution in [0.1, 0.15) is 25.7 Å².